The van der Waals surface area contributed by atoms with Gasteiger partial charge < -0.3 is 15.7 Å². The molecule has 0 spiro atoms. The lowest BCUT2D eigenvalue weighted by Gasteiger charge is -2.28. The second kappa shape index (κ2) is 16.4. The average Bonchev–Trinajstić information content (AvgIpc) is 2.68. The smallest absolute Gasteiger partial charge is 0.317 e. The fourth-order valence-corrected chi connectivity index (χ4v) is 3.91. The van der Waals surface area contributed by atoms with Crippen LogP contribution in [0.5, 0.6) is 0 Å². The molecule has 0 aromatic heterocycles. The summed E-state index contributed by atoms with van der Waals surface area (Å²) >= 11 is 0. The Kier molecular flexibility index (Phi) is 15.6. The van der Waals surface area contributed by atoms with E-state index in [1.54, 1.807) is 0 Å². The van der Waals surface area contributed by atoms with Crippen LogP contribution in [0.1, 0.15) is 104 Å². The van der Waals surface area contributed by atoms with E-state index >= 15 is 0 Å². The number of ketones is 1. The highest BCUT2D eigenvalue weighted by atomic mass is 16.4. The van der Waals surface area contributed by atoms with Crippen LogP contribution in [0.2, 0.25) is 0 Å². The molecule has 0 fully saturated rings. The van der Waals surface area contributed by atoms with Gasteiger partial charge >= 0.3 is 5.97 Å². The number of hydrogen-bond acceptors (Lipinski definition) is 4. The molecule has 170 valence electrons. The molecule has 0 rings (SSSR count). The van der Waals surface area contributed by atoms with Crippen molar-refractivity contribution < 1.29 is 19.5 Å². The number of aliphatic carboxylic acids is 1. The van der Waals surface area contributed by atoms with Crippen LogP contribution >= 0.6 is 0 Å². The largest absolute Gasteiger partial charge is 0.480 e. The van der Waals surface area contributed by atoms with E-state index in [4.69, 9.17) is 5.73 Å². The van der Waals surface area contributed by atoms with E-state index < -0.39 is 23.7 Å². The molecule has 1 amide bonds. The van der Waals surface area contributed by atoms with Crippen LogP contribution < -0.4 is 5.73 Å². The molecular weight excluding hydrogens is 368 g/mol. The minimum atomic E-state index is -1.67. The standard InChI is InChI=1S/C23H44N2O4/c1-4-7-8-9-10-11-12-13-14-16-20(26)23(22(28)29,19-21(24)27)17-15-18-25(5-2)6-3/h4-19H2,1-3H3,(H2,24,27)(H,28,29). The molecule has 0 saturated carbocycles. The van der Waals surface area contributed by atoms with E-state index in [0.29, 0.717) is 19.4 Å². The number of rotatable bonds is 20. The summed E-state index contributed by atoms with van der Waals surface area (Å²) in [5.41, 5.74) is 3.65. The SMILES string of the molecule is CCCCCCCCCCCC(=O)C(CCCN(CC)CC)(CC(N)=O)C(=O)O. The van der Waals surface area contributed by atoms with Gasteiger partial charge in [-0.05, 0) is 38.9 Å². The number of unbranched alkanes of at least 4 members (excludes halogenated alkanes) is 8. The first kappa shape index (κ1) is 27.6. The molecule has 0 radical (unpaired) electrons. The topological polar surface area (TPSA) is 101 Å². The molecule has 29 heavy (non-hydrogen) atoms. The number of hydrogen-bond donors (Lipinski definition) is 2. The zero-order chi connectivity index (χ0) is 22.1. The van der Waals surface area contributed by atoms with E-state index in [1.807, 2.05) is 13.8 Å². The van der Waals surface area contributed by atoms with Crippen molar-refractivity contribution in [1.82, 2.24) is 4.90 Å². The quantitative estimate of drug-likeness (QED) is 0.226. The van der Waals surface area contributed by atoms with Gasteiger partial charge in [-0.15, -0.1) is 0 Å². The molecule has 0 aromatic carbocycles. The number of carboxylic acids is 1. The highest BCUT2D eigenvalue weighted by molar-refractivity contribution is 6.06. The zero-order valence-electron chi connectivity index (χ0n) is 19.0. The van der Waals surface area contributed by atoms with Gasteiger partial charge in [-0.25, -0.2) is 0 Å². The van der Waals surface area contributed by atoms with E-state index in [1.165, 1.54) is 32.1 Å². The molecule has 6 nitrogen and oxygen atoms in total. The van der Waals surface area contributed by atoms with Crippen LogP contribution in [-0.4, -0.2) is 47.3 Å². The molecular formula is C23H44N2O4. The highest BCUT2D eigenvalue weighted by Gasteiger charge is 2.46. The van der Waals surface area contributed by atoms with Crippen molar-refractivity contribution in [3.8, 4) is 0 Å². The number of Topliss-reactive ketones (excluding diaryl/α,β-unsaturated/α-hetero) is 1. The number of nitrogens with two attached hydrogens (primary N) is 1. The first-order chi connectivity index (χ1) is 13.8. The summed E-state index contributed by atoms with van der Waals surface area (Å²) in [7, 11) is 0. The van der Waals surface area contributed by atoms with Crippen LogP contribution in [0, 0.1) is 5.41 Å². The second-order valence-electron chi connectivity index (χ2n) is 8.16. The predicted octanol–water partition coefficient (Wildman–Crippen LogP) is 4.54. The molecule has 0 saturated heterocycles. The monoisotopic (exact) mass is 412 g/mol. The van der Waals surface area contributed by atoms with Crippen LogP contribution in [-0.2, 0) is 14.4 Å². The summed E-state index contributed by atoms with van der Waals surface area (Å²) in [5, 5.41) is 9.82. The van der Waals surface area contributed by atoms with Crippen molar-refractivity contribution in [3.05, 3.63) is 0 Å². The maximum Gasteiger partial charge on any atom is 0.317 e. The second-order valence-corrected chi connectivity index (χ2v) is 8.16. The zero-order valence-corrected chi connectivity index (χ0v) is 19.0. The maximum atomic E-state index is 12.9. The first-order valence-corrected chi connectivity index (χ1v) is 11.6. The summed E-state index contributed by atoms with van der Waals surface area (Å²) in [5.74, 6) is -2.28. The van der Waals surface area contributed by atoms with Crippen molar-refractivity contribution in [2.75, 3.05) is 19.6 Å². The molecule has 0 aliphatic heterocycles. The minimum absolute atomic E-state index is 0.165. The van der Waals surface area contributed by atoms with Crippen LogP contribution in [0.3, 0.4) is 0 Å². The molecule has 0 aromatic rings. The first-order valence-electron chi connectivity index (χ1n) is 11.6. The molecule has 0 bridgehead atoms. The maximum absolute atomic E-state index is 12.9. The van der Waals surface area contributed by atoms with Crippen molar-refractivity contribution in [3.63, 3.8) is 0 Å². The van der Waals surface area contributed by atoms with Crippen molar-refractivity contribution >= 4 is 17.7 Å². The van der Waals surface area contributed by atoms with Crippen LogP contribution in [0.4, 0.5) is 0 Å². The van der Waals surface area contributed by atoms with Crippen LogP contribution in [0.15, 0.2) is 0 Å². The van der Waals surface area contributed by atoms with Gasteiger partial charge in [0.25, 0.3) is 0 Å². The number of primary amides is 1. The van der Waals surface area contributed by atoms with Crippen molar-refractivity contribution in [2.24, 2.45) is 11.1 Å². The minimum Gasteiger partial charge on any atom is -0.480 e. The Hall–Kier alpha value is -1.43. The Bertz CT molecular complexity index is 477. The number of nitrogens with zero attached hydrogens (tertiary/aromatic N) is 1. The van der Waals surface area contributed by atoms with E-state index in [-0.39, 0.29) is 18.6 Å². The Balaban J connectivity index is 4.61. The summed E-state index contributed by atoms with van der Waals surface area (Å²) in [6, 6.07) is 0. The predicted molar refractivity (Wildman–Crippen MR) is 118 cm³/mol. The van der Waals surface area contributed by atoms with Gasteiger partial charge in [-0.3, -0.25) is 14.4 Å². The number of carbonyl (C=O) groups is 3. The lowest BCUT2D eigenvalue weighted by molar-refractivity contribution is -0.158. The lowest BCUT2D eigenvalue weighted by atomic mass is 9.74. The van der Waals surface area contributed by atoms with Gasteiger partial charge in [0.1, 0.15) is 5.41 Å². The van der Waals surface area contributed by atoms with Crippen molar-refractivity contribution in [1.29, 1.82) is 0 Å². The summed E-state index contributed by atoms with van der Waals surface area (Å²) < 4.78 is 0. The highest BCUT2D eigenvalue weighted by Crippen LogP contribution is 2.32. The van der Waals surface area contributed by atoms with Gasteiger partial charge in [0, 0.05) is 12.8 Å². The Morgan fingerprint density at radius 2 is 1.34 bits per heavy atom. The number of carbonyl (C=O) groups excluding carboxylic acids is 2. The van der Waals surface area contributed by atoms with Crippen LogP contribution in [0.25, 0.3) is 0 Å². The third-order valence-corrected chi connectivity index (χ3v) is 5.90. The molecule has 1 atom stereocenters. The lowest BCUT2D eigenvalue weighted by Crippen LogP contribution is -2.43. The summed E-state index contributed by atoms with van der Waals surface area (Å²) in [4.78, 5) is 38.6. The van der Waals surface area contributed by atoms with Gasteiger partial charge in [0.05, 0.1) is 0 Å². The fourth-order valence-electron chi connectivity index (χ4n) is 3.91. The van der Waals surface area contributed by atoms with Gasteiger partial charge in [0.2, 0.25) is 5.91 Å². The van der Waals surface area contributed by atoms with Gasteiger partial charge in [-0.2, -0.15) is 0 Å². The fraction of sp³-hybridized carbons (Fsp3) is 0.870. The molecule has 0 heterocycles. The molecule has 3 N–H and O–H groups in total. The van der Waals surface area contributed by atoms with Gasteiger partial charge in [-0.1, -0.05) is 72.1 Å². The third kappa shape index (κ3) is 11.4. The Morgan fingerprint density at radius 3 is 1.79 bits per heavy atom. The normalized spacial score (nSPS) is 13.4. The number of amides is 1. The summed E-state index contributed by atoms with van der Waals surface area (Å²) in [6.45, 7) is 8.76. The van der Waals surface area contributed by atoms with E-state index in [2.05, 4.69) is 11.8 Å². The molecule has 0 aliphatic carbocycles. The Labute approximate surface area is 177 Å². The molecule has 6 heteroatoms. The van der Waals surface area contributed by atoms with E-state index in [0.717, 1.165) is 32.4 Å². The molecule has 1 unspecified atom stereocenters. The van der Waals surface area contributed by atoms with E-state index in [9.17, 15) is 19.5 Å². The number of carboxylic acid groups (broad SMARTS) is 1. The summed E-state index contributed by atoms with van der Waals surface area (Å²) in [6.07, 6.45) is 10.7. The van der Waals surface area contributed by atoms with Gasteiger partial charge in [0.15, 0.2) is 5.78 Å². The average molecular weight is 413 g/mol. The van der Waals surface area contributed by atoms with Crippen molar-refractivity contribution in [2.45, 2.75) is 104 Å². The Morgan fingerprint density at radius 1 is 0.828 bits per heavy atom. The third-order valence-electron chi connectivity index (χ3n) is 5.90. The molecule has 0 aliphatic rings.